The van der Waals surface area contributed by atoms with E-state index in [2.05, 4.69) is 15.5 Å². The van der Waals surface area contributed by atoms with Crippen LogP contribution >= 0.6 is 0 Å². The van der Waals surface area contributed by atoms with Crippen molar-refractivity contribution in [2.75, 3.05) is 6.54 Å². The Labute approximate surface area is 98.5 Å². The van der Waals surface area contributed by atoms with Crippen molar-refractivity contribution in [2.45, 2.75) is 19.5 Å². The van der Waals surface area contributed by atoms with Gasteiger partial charge in [0.2, 0.25) is 0 Å². The highest BCUT2D eigenvalue weighted by Crippen LogP contribution is 2.25. The average molecular weight is 232 g/mol. The van der Waals surface area contributed by atoms with Crippen molar-refractivity contribution in [3.8, 4) is 11.4 Å². The lowest BCUT2D eigenvalue weighted by Gasteiger charge is -2.21. The zero-order valence-corrected chi connectivity index (χ0v) is 9.52. The Bertz CT molecular complexity index is 549. The highest BCUT2D eigenvalue weighted by Gasteiger charge is 2.23. The summed E-state index contributed by atoms with van der Waals surface area (Å²) in [4.78, 5) is 0. The standard InChI is InChI=1S/C12H13FN4/c1-8-11-15-16-12(17(11)7-6-14-8)9-4-2-3-5-10(9)13/h2-5,8,14H,6-7H2,1H3. The summed E-state index contributed by atoms with van der Waals surface area (Å²) in [5.74, 6) is 1.23. The van der Waals surface area contributed by atoms with Crippen LogP contribution in [0.1, 0.15) is 18.8 Å². The fourth-order valence-corrected chi connectivity index (χ4v) is 2.18. The summed E-state index contributed by atoms with van der Waals surface area (Å²) in [6.45, 7) is 3.66. The Kier molecular flexibility index (Phi) is 2.40. The van der Waals surface area contributed by atoms with Crippen LogP contribution in [0.4, 0.5) is 4.39 Å². The maximum Gasteiger partial charge on any atom is 0.167 e. The second-order valence-electron chi connectivity index (χ2n) is 4.19. The topological polar surface area (TPSA) is 42.7 Å². The van der Waals surface area contributed by atoms with Gasteiger partial charge in [-0.15, -0.1) is 10.2 Å². The van der Waals surface area contributed by atoms with Crippen molar-refractivity contribution >= 4 is 0 Å². The smallest absolute Gasteiger partial charge is 0.167 e. The molecule has 2 aromatic rings. The van der Waals surface area contributed by atoms with Crippen LogP contribution in [-0.4, -0.2) is 21.3 Å². The minimum atomic E-state index is -0.256. The molecule has 1 aromatic heterocycles. The zero-order chi connectivity index (χ0) is 11.8. The largest absolute Gasteiger partial charge is 0.308 e. The van der Waals surface area contributed by atoms with Gasteiger partial charge in [0.1, 0.15) is 11.6 Å². The van der Waals surface area contributed by atoms with Crippen molar-refractivity contribution < 1.29 is 4.39 Å². The summed E-state index contributed by atoms with van der Waals surface area (Å²) >= 11 is 0. The number of fused-ring (bicyclic) bond motifs is 1. The highest BCUT2D eigenvalue weighted by molar-refractivity contribution is 5.56. The molecule has 2 heterocycles. The van der Waals surface area contributed by atoms with Gasteiger partial charge in [0, 0.05) is 13.1 Å². The van der Waals surface area contributed by atoms with E-state index >= 15 is 0 Å². The molecule has 0 amide bonds. The molecule has 0 bridgehead atoms. The predicted octanol–water partition coefficient (Wildman–Crippen LogP) is 1.75. The van der Waals surface area contributed by atoms with Crippen LogP contribution in [-0.2, 0) is 6.54 Å². The monoisotopic (exact) mass is 232 g/mol. The molecule has 0 fully saturated rings. The first-order valence-corrected chi connectivity index (χ1v) is 5.69. The molecule has 0 spiro atoms. The molecular weight excluding hydrogens is 219 g/mol. The lowest BCUT2D eigenvalue weighted by Crippen LogP contribution is -2.32. The van der Waals surface area contributed by atoms with Crippen LogP contribution in [0.3, 0.4) is 0 Å². The van der Waals surface area contributed by atoms with Gasteiger partial charge in [0.15, 0.2) is 5.82 Å². The fraction of sp³-hybridized carbons (Fsp3) is 0.333. The maximum atomic E-state index is 13.7. The van der Waals surface area contributed by atoms with E-state index in [1.807, 2.05) is 17.6 Å². The van der Waals surface area contributed by atoms with E-state index in [-0.39, 0.29) is 11.9 Å². The molecule has 1 N–H and O–H groups in total. The molecule has 1 atom stereocenters. The number of hydrogen-bond acceptors (Lipinski definition) is 3. The molecule has 3 rings (SSSR count). The number of nitrogens with zero attached hydrogens (tertiary/aromatic N) is 3. The SMILES string of the molecule is CC1NCCn2c(-c3ccccc3F)nnc21. The number of aromatic nitrogens is 3. The maximum absolute atomic E-state index is 13.7. The van der Waals surface area contributed by atoms with Crippen LogP contribution in [0.5, 0.6) is 0 Å². The van der Waals surface area contributed by atoms with Gasteiger partial charge in [-0.2, -0.15) is 0 Å². The first-order valence-electron chi connectivity index (χ1n) is 5.69. The molecule has 0 radical (unpaired) electrons. The van der Waals surface area contributed by atoms with Gasteiger partial charge < -0.3 is 9.88 Å². The summed E-state index contributed by atoms with van der Waals surface area (Å²) in [6, 6.07) is 6.83. The molecule has 17 heavy (non-hydrogen) atoms. The van der Waals surface area contributed by atoms with E-state index in [4.69, 9.17) is 0 Å². The molecule has 1 aromatic carbocycles. The molecule has 5 heteroatoms. The molecule has 1 aliphatic heterocycles. The number of hydrogen-bond donors (Lipinski definition) is 1. The lowest BCUT2D eigenvalue weighted by molar-refractivity contribution is 0.438. The van der Waals surface area contributed by atoms with Gasteiger partial charge in [-0.25, -0.2) is 4.39 Å². The van der Waals surface area contributed by atoms with E-state index in [9.17, 15) is 4.39 Å². The normalized spacial score (nSPS) is 19.1. The Morgan fingerprint density at radius 3 is 3.00 bits per heavy atom. The Morgan fingerprint density at radius 2 is 2.18 bits per heavy atom. The Hall–Kier alpha value is -1.75. The van der Waals surface area contributed by atoms with Crippen molar-refractivity contribution in [1.29, 1.82) is 0 Å². The van der Waals surface area contributed by atoms with Crippen LogP contribution in [0.2, 0.25) is 0 Å². The summed E-state index contributed by atoms with van der Waals surface area (Å²) in [7, 11) is 0. The minimum absolute atomic E-state index is 0.164. The van der Waals surface area contributed by atoms with Crippen LogP contribution in [0, 0.1) is 5.82 Å². The van der Waals surface area contributed by atoms with Gasteiger partial charge >= 0.3 is 0 Å². The highest BCUT2D eigenvalue weighted by atomic mass is 19.1. The number of halogens is 1. The summed E-state index contributed by atoms with van der Waals surface area (Å²) in [5.41, 5.74) is 0.514. The molecule has 1 aliphatic rings. The Morgan fingerprint density at radius 1 is 1.35 bits per heavy atom. The van der Waals surface area contributed by atoms with Crippen molar-refractivity contribution in [1.82, 2.24) is 20.1 Å². The van der Waals surface area contributed by atoms with Crippen LogP contribution < -0.4 is 5.32 Å². The molecule has 1 unspecified atom stereocenters. The van der Waals surface area contributed by atoms with E-state index in [0.717, 1.165) is 18.9 Å². The molecular formula is C12H13FN4. The summed E-state index contributed by atoms with van der Waals surface area (Å²) in [5, 5.41) is 11.6. The minimum Gasteiger partial charge on any atom is -0.308 e. The molecule has 0 aliphatic carbocycles. The van der Waals surface area contributed by atoms with Crippen molar-refractivity contribution in [3.05, 3.63) is 35.9 Å². The molecule has 0 saturated carbocycles. The van der Waals surface area contributed by atoms with E-state index in [1.54, 1.807) is 12.1 Å². The van der Waals surface area contributed by atoms with Gasteiger partial charge in [0.25, 0.3) is 0 Å². The van der Waals surface area contributed by atoms with Crippen LogP contribution in [0.15, 0.2) is 24.3 Å². The predicted molar refractivity (Wildman–Crippen MR) is 61.8 cm³/mol. The third-order valence-electron chi connectivity index (χ3n) is 3.07. The Balaban J connectivity index is 2.14. The quantitative estimate of drug-likeness (QED) is 0.814. The molecule has 88 valence electrons. The van der Waals surface area contributed by atoms with Gasteiger partial charge in [-0.1, -0.05) is 12.1 Å². The lowest BCUT2D eigenvalue weighted by atomic mass is 10.2. The third kappa shape index (κ3) is 1.63. The van der Waals surface area contributed by atoms with E-state index < -0.39 is 0 Å². The van der Waals surface area contributed by atoms with Gasteiger partial charge in [-0.05, 0) is 19.1 Å². The number of rotatable bonds is 1. The van der Waals surface area contributed by atoms with Gasteiger partial charge in [-0.3, -0.25) is 0 Å². The van der Waals surface area contributed by atoms with E-state index in [0.29, 0.717) is 11.4 Å². The number of nitrogens with one attached hydrogen (secondary N) is 1. The first kappa shape index (κ1) is 10.4. The van der Waals surface area contributed by atoms with Gasteiger partial charge in [0.05, 0.1) is 11.6 Å². The number of benzene rings is 1. The van der Waals surface area contributed by atoms with Crippen molar-refractivity contribution in [2.24, 2.45) is 0 Å². The second kappa shape index (κ2) is 3.92. The fourth-order valence-electron chi connectivity index (χ4n) is 2.18. The van der Waals surface area contributed by atoms with Crippen molar-refractivity contribution in [3.63, 3.8) is 0 Å². The first-order chi connectivity index (χ1) is 8.27. The third-order valence-corrected chi connectivity index (χ3v) is 3.07. The zero-order valence-electron chi connectivity index (χ0n) is 9.52. The molecule has 0 saturated heterocycles. The second-order valence-corrected chi connectivity index (χ2v) is 4.19. The van der Waals surface area contributed by atoms with E-state index in [1.165, 1.54) is 6.07 Å². The summed E-state index contributed by atoms with van der Waals surface area (Å²) in [6.07, 6.45) is 0. The average Bonchev–Trinajstić information content (AvgIpc) is 2.75. The summed E-state index contributed by atoms with van der Waals surface area (Å²) < 4.78 is 15.7. The van der Waals surface area contributed by atoms with Crippen LogP contribution in [0.25, 0.3) is 11.4 Å². The molecule has 4 nitrogen and oxygen atoms in total.